The van der Waals surface area contributed by atoms with Crippen LogP contribution in [-0.4, -0.2) is 78.6 Å². The van der Waals surface area contributed by atoms with Gasteiger partial charge in [0.2, 0.25) is 0 Å². The number of fused-ring (bicyclic) bond motifs is 1. The van der Waals surface area contributed by atoms with Gasteiger partial charge < -0.3 is 25.0 Å². The highest BCUT2D eigenvalue weighted by atomic mass is 19.4. The zero-order valence-corrected chi connectivity index (χ0v) is 25.9. The summed E-state index contributed by atoms with van der Waals surface area (Å²) in [4.78, 5) is 19.1. The third-order valence-corrected chi connectivity index (χ3v) is 9.97. The third kappa shape index (κ3) is 7.61. The minimum Gasteiger partial charge on any atom is -0.489 e. The zero-order chi connectivity index (χ0) is 31.4. The number of hydrogen-bond acceptors (Lipinski definition) is 7. The van der Waals surface area contributed by atoms with E-state index in [4.69, 9.17) is 14.6 Å². The standard InChI is InChI=1S/C33H43F3N6O3/c1-44-17-18-45-29-20-27-24(19-28(29)39-31(43)26-3-2-4-30(38-26)33(34,35)36)22-42(40-27)25-7-15-41(16-8-25)21-23-5-9-32(10-6-23)11-13-37-14-12-32/h2-4,19-20,22-23,25,37H,5-18,21H2,1H3,(H,39,43). The van der Waals surface area contributed by atoms with Gasteiger partial charge >= 0.3 is 6.18 Å². The number of likely N-dealkylation sites (tertiary alicyclic amines) is 1. The molecule has 0 radical (unpaired) electrons. The Balaban J connectivity index is 1.10. The Kier molecular flexibility index (Phi) is 9.62. The maximum absolute atomic E-state index is 13.2. The number of halogens is 3. The zero-order valence-electron chi connectivity index (χ0n) is 25.9. The lowest BCUT2D eigenvalue weighted by molar-refractivity contribution is -0.141. The smallest absolute Gasteiger partial charge is 0.433 e. The lowest BCUT2D eigenvalue weighted by Gasteiger charge is -2.44. The van der Waals surface area contributed by atoms with Gasteiger partial charge in [0.1, 0.15) is 23.7 Å². The summed E-state index contributed by atoms with van der Waals surface area (Å²) in [5.41, 5.74) is 0.182. The maximum Gasteiger partial charge on any atom is 0.433 e. The molecule has 3 aromatic rings. The van der Waals surface area contributed by atoms with Crippen LogP contribution in [-0.2, 0) is 10.9 Å². The molecule has 2 aliphatic heterocycles. The highest BCUT2D eigenvalue weighted by molar-refractivity contribution is 6.05. The molecule has 1 amide bonds. The molecule has 1 aromatic carbocycles. The van der Waals surface area contributed by atoms with Crippen molar-refractivity contribution in [2.45, 2.75) is 63.6 Å². The van der Waals surface area contributed by atoms with Crippen molar-refractivity contribution < 1.29 is 27.4 Å². The van der Waals surface area contributed by atoms with Gasteiger partial charge in [0.15, 0.2) is 0 Å². The molecule has 2 aromatic heterocycles. The summed E-state index contributed by atoms with van der Waals surface area (Å²) in [5.74, 6) is 0.394. The Morgan fingerprint density at radius 3 is 2.53 bits per heavy atom. The number of carbonyl (C=O) groups excluding carboxylic acids is 1. The average Bonchev–Trinajstić information content (AvgIpc) is 3.46. The number of ether oxygens (including phenoxy) is 2. The van der Waals surface area contributed by atoms with Crippen molar-refractivity contribution in [1.82, 2.24) is 25.0 Å². The van der Waals surface area contributed by atoms with E-state index in [0.717, 1.165) is 43.3 Å². The highest BCUT2D eigenvalue weighted by Crippen LogP contribution is 2.45. The second-order valence-electron chi connectivity index (χ2n) is 12.9. The Labute approximate surface area is 261 Å². The number of hydrogen-bond donors (Lipinski definition) is 2. The number of benzene rings is 1. The monoisotopic (exact) mass is 628 g/mol. The fourth-order valence-electron chi connectivity index (χ4n) is 7.28. The van der Waals surface area contributed by atoms with E-state index in [9.17, 15) is 18.0 Å². The van der Waals surface area contributed by atoms with Gasteiger partial charge in [0.05, 0.1) is 23.9 Å². The molecule has 2 N–H and O–H groups in total. The molecule has 12 heteroatoms. The van der Waals surface area contributed by atoms with Crippen LogP contribution in [0.25, 0.3) is 10.9 Å². The Bertz CT molecular complexity index is 1450. The van der Waals surface area contributed by atoms with E-state index in [0.29, 0.717) is 29.0 Å². The minimum absolute atomic E-state index is 0.227. The van der Waals surface area contributed by atoms with E-state index in [1.807, 2.05) is 10.9 Å². The summed E-state index contributed by atoms with van der Waals surface area (Å²) in [6.07, 6.45) is 7.49. The minimum atomic E-state index is -4.65. The van der Waals surface area contributed by atoms with Crippen LogP contribution in [0.4, 0.5) is 18.9 Å². The number of rotatable bonds is 9. The first-order valence-corrected chi connectivity index (χ1v) is 16.1. The normalized spacial score (nSPS) is 20.1. The number of aromatic nitrogens is 3. The van der Waals surface area contributed by atoms with E-state index >= 15 is 0 Å². The van der Waals surface area contributed by atoms with Crippen molar-refractivity contribution in [2.75, 3.05) is 58.4 Å². The van der Waals surface area contributed by atoms with Crippen LogP contribution >= 0.6 is 0 Å². The van der Waals surface area contributed by atoms with Gasteiger partial charge in [-0.1, -0.05) is 6.07 Å². The van der Waals surface area contributed by atoms with Crippen LogP contribution in [0.5, 0.6) is 5.75 Å². The van der Waals surface area contributed by atoms with Crippen molar-refractivity contribution in [3.8, 4) is 5.75 Å². The van der Waals surface area contributed by atoms with E-state index < -0.39 is 17.8 Å². The molecular weight excluding hydrogens is 585 g/mol. The van der Waals surface area contributed by atoms with Gasteiger partial charge in [0.25, 0.3) is 5.91 Å². The van der Waals surface area contributed by atoms with Crippen molar-refractivity contribution in [3.63, 3.8) is 0 Å². The van der Waals surface area contributed by atoms with E-state index in [-0.39, 0.29) is 18.3 Å². The average molecular weight is 629 g/mol. The second-order valence-corrected chi connectivity index (χ2v) is 12.9. The number of carbonyl (C=O) groups is 1. The molecule has 45 heavy (non-hydrogen) atoms. The predicted molar refractivity (Wildman–Crippen MR) is 166 cm³/mol. The summed E-state index contributed by atoms with van der Waals surface area (Å²) in [6, 6.07) is 7.02. The van der Waals surface area contributed by atoms with E-state index in [2.05, 4.69) is 20.5 Å². The molecular formula is C33H43F3N6O3. The summed E-state index contributed by atoms with van der Waals surface area (Å²) >= 11 is 0. The van der Waals surface area contributed by atoms with Gasteiger partial charge in [-0.25, -0.2) is 4.98 Å². The molecule has 2 saturated heterocycles. The van der Waals surface area contributed by atoms with Crippen LogP contribution in [0.1, 0.15) is 73.6 Å². The second kappa shape index (κ2) is 13.6. The van der Waals surface area contributed by atoms with Crippen LogP contribution in [0.3, 0.4) is 0 Å². The lowest BCUT2D eigenvalue weighted by Crippen LogP contribution is -2.42. The molecule has 0 bridgehead atoms. The van der Waals surface area contributed by atoms with Crippen LogP contribution in [0.2, 0.25) is 0 Å². The van der Waals surface area contributed by atoms with Crippen molar-refractivity contribution >= 4 is 22.5 Å². The van der Waals surface area contributed by atoms with Crippen LogP contribution < -0.4 is 15.4 Å². The molecule has 9 nitrogen and oxygen atoms in total. The summed E-state index contributed by atoms with van der Waals surface area (Å²) < 4.78 is 52.5. The number of anilines is 1. The van der Waals surface area contributed by atoms with Gasteiger partial charge in [-0.2, -0.15) is 18.3 Å². The number of nitrogens with one attached hydrogen (secondary N) is 2. The molecule has 1 saturated carbocycles. The van der Waals surface area contributed by atoms with Gasteiger partial charge in [-0.05, 0) is 94.0 Å². The molecule has 1 spiro atoms. The first kappa shape index (κ1) is 31.7. The quantitative estimate of drug-likeness (QED) is 0.284. The Morgan fingerprint density at radius 1 is 1.07 bits per heavy atom. The topological polar surface area (TPSA) is 93.5 Å². The number of nitrogens with zero attached hydrogens (tertiary/aromatic N) is 4. The number of piperidine rings is 2. The van der Waals surface area contributed by atoms with Gasteiger partial charge in [0, 0.05) is 44.4 Å². The number of amides is 1. The van der Waals surface area contributed by atoms with Crippen LogP contribution in [0, 0.1) is 11.3 Å². The molecule has 1 aliphatic carbocycles. The van der Waals surface area contributed by atoms with Crippen LogP contribution in [0.15, 0.2) is 36.5 Å². The summed E-state index contributed by atoms with van der Waals surface area (Å²) in [7, 11) is 1.56. The number of methoxy groups -OCH3 is 1. The maximum atomic E-state index is 13.2. The van der Waals surface area contributed by atoms with Gasteiger partial charge in [-0.3, -0.25) is 9.48 Å². The number of alkyl halides is 3. The summed E-state index contributed by atoms with van der Waals surface area (Å²) in [6.45, 7) is 6.18. The molecule has 3 aliphatic rings. The highest BCUT2D eigenvalue weighted by Gasteiger charge is 2.37. The molecule has 244 valence electrons. The Morgan fingerprint density at radius 2 is 1.82 bits per heavy atom. The first-order chi connectivity index (χ1) is 21.7. The number of pyridine rings is 1. The fourth-order valence-corrected chi connectivity index (χ4v) is 7.28. The largest absolute Gasteiger partial charge is 0.489 e. The lowest BCUT2D eigenvalue weighted by atomic mass is 9.65. The van der Waals surface area contributed by atoms with Crippen molar-refractivity contribution in [2.24, 2.45) is 11.3 Å². The molecule has 0 unspecified atom stereocenters. The first-order valence-electron chi connectivity index (χ1n) is 16.1. The SMILES string of the molecule is COCCOc1cc2nn(C3CCN(CC4CCC5(CCNCC5)CC4)CC3)cc2cc1NC(=O)c1cccc(C(F)(F)F)n1. The molecule has 4 heterocycles. The molecule has 3 fully saturated rings. The fraction of sp³-hybridized carbons (Fsp3) is 0.606. The van der Waals surface area contributed by atoms with E-state index in [1.165, 1.54) is 70.3 Å². The molecule has 0 atom stereocenters. The van der Waals surface area contributed by atoms with Gasteiger partial charge in [-0.15, -0.1) is 0 Å². The third-order valence-electron chi connectivity index (χ3n) is 9.97. The Hall–Kier alpha value is -3.22. The van der Waals surface area contributed by atoms with Crippen molar-refractivity contribution in [1.29, 1.82) is 0 Å². The van der Waals surface area contributed by atoms with E-state index in [1.54, 1.807) is 19.2 Å². The van der Waals surface area contributed by atoms with Crippen molar-refractivity contribution in [3.05, 3.63) is 47.9 Å². The summed E-state index contributed by atoms with van der Waals surface area (Å²) in [5, 5.41) is 11.9. The molecule has 6 rings (SSSR count). The predicted octanol–water partition coefficient (Wildman–Crippen LogP) is 5.92.